The third kappa shape index (κ3) is 7.00. The Hall–Kier alpha value is -0.990. The van der Waals surface area contributed by atoms with Crippen molar-refractivity contribution in [1.29, 1.82) is 0 Å². The molecule has 0 aliphatic rings. The van der Waals surface area contributed by atoms with E-state index in [0.29, 0.717) is 11.4 Å². The number of hydrogen-bond acceptors (Lipinski definition) is 1. The van der Waals surface area contributed by atoms with E-state index in [9.17, 15) is 8.78 Å². The average molecular weight is 217 g/mol. The zero-order valence-electron chi connectivity index (χ0n) is 10.4. The highest BCUT2D eigenvalue weighted by Gasteiger charge is 2.07. The van der Waals surface area contributed by atoms with Crippen LogP contribution < -0.4 is 0 Å². The SMILES string of the molecule is CC.CC.Cc1cc(C(F)F)cc(C)n1. The number of nitrogens with zero attached hydrogens (tertiary/aromatic N) is 1. The van der Waals surface area contributed by atoms with Crippen LogP contribution in [-0.4, -0.2) is 4.98 Å². The van der Waals surface area contributed by atoms with E-state index < -0.39 is 6.43 Å². The van der Waals surface area contributed by atoms with Crippen molar-refractivity contribution in [2.24, 2.45) is 0 Å². The molecule has 0 aliphatic carbocycles. The highest BCUT2D eigenvalue weighted by atomic mass is 19.3. The van der Waals surface area contributed by atoms with Gasteiger partial charge < -0.3 is 0 Å². The Morgan fingerprint density at radius 2 is 1.27 bits per heavy atom. The van der Waals surface area contributed by atoms with Gasteiger partial charge in [-0.2, -0.15) is 0 Å². The molecule has 0 radical (unpaired) electrons. The highest BCUT2D eigenvalue weighted by molar-refractivity contribution is 5.20. The summed E-state index contributed by atoms with van der Waals surface area (Å²) in [5, 5.41) is 0. The number of halogens is 2. The second kappa shape index (κ2) is 9.56. The Labute approximate surface area is 91.5 Å². The Kier molecular flexibility index (Phi) is 10.5. The van der Waals surface area contributed by atoms with E-state index in [-0.39, 0.29) is 5.56 Å². The minimum atomic E-state index is -2.39. The first-order valence-corrected chi connectivity index (χ1v) is 5.33. The van der Waals surface area contributed by atoms with Crippen LogP contribution >= 0.6 is 0 Å². The minimum absolute atomic E-state index is 0.0509. The molecule has 1 aromatic heterocycles. The van der Waals surface area contributed by atoms with Crippen LogP contribution in [0, 0.1) is 13.8 Å². The predicted octanol–water partition coefficient (Wildman–Crippen LogP) is 4.69. The summed E-state index contributed by atoms with van der Waals surface area (Å²) < 4.78 is 24.2. The van der Waals surface area contributed by atoms with Crippen LogP contribution in [0.4, 0.5) is 8.78 Å². The fourth-order valence-corrected chi connectivity index (χ4v) is 0.993. The van der Waals surface area contributed by atoms with Crippen LogP contribution in [0.25, 0.3) is 0 Å². The van der Waals surface area contributed by atoms with E-state index in [1.165, 1.54) is 12.1 Å². The number of rotatable bonds is 1. The van der Waals surface area contributed by atoms with Crippen molar-refractivity contribution in [3.05, 3.63) is 29.1 Å². The Bertz CT molecular complexity index is 240. The molecule has 1 rings (SSSR count). The number of aryl methyl sites for hydroxylation is 2. The van der Waals surface area contributed by atoms with Gasteiger partial charge in [0.25, 0.3) is 6.43 Å². The first-order chi connectivity index (χ1) is 7.09. The molecule has 15 heavy (non-hydrogen) atoms. The maximum absolute atomic E-state index is 12.1. The van der Waals surface area contributed by atoms with Gasteiger partial charge in [0.1, 0.15) is 0 Å². The van der Waals surface area contributed by atoms with Crippen molar-refractivity contribution in [1.82, 2.24) is 4.98 Å². The Balaban J connectivity index is 0. The molecule has 0 amide bonds. The molecular weight excluding hydrogens is 196 g/mol. The molecule has 0 atom stereocenters. The molecule has 1 nitrogen and oxygen atoms in total. The number of alkyl halides is 2. The van der Waals surface area contributed by atoms with Crippen molar-refractivity contribution >= 4 is 0 Å². The van der Waals surface area contributed by atoms with E-state index in [1.807, 2.05) is 27.7 Å². The molecule has 0 saturated heterocycles. The molecule has 0 aliphatic heterocycles. The average Bonchev–Trinajstić information content (AvgIpc) is 2.22. The molecule has 1 aromatic rings. The summed E-state index contributed by atoms with van der Waals surface area (Å²) >= 11 is 0. The van der Waals surface area contributed by atoms with Gasteiger partial charge in [0.15, 0.2) is 0 Å². The lowest BCUT2D eigenvalue weighted by Gasteiger charge is -2.01. The van der Waals surface area contributed by atoms with Gasteiger partial charge in [-0.3, -0.25) is 4.98 Å². The first-order valence-electron chi connectivity index (χ1n) is 5.33. The Morgan fingerprint density at radius 3 is 1.53 bits per heavy atom. The lowest BCUT2D eigenvalue weighted by Crippen LogP contribution is -1.91. The molecule has 3 heteroatoms. The molecule has 1 heterocycles. The second-order valence-electron chi connectivity index (χ2n) is 2.48. The van der Waals surface area contributed by atoms with Crippen molar-refractivity contribution in [2.75, 3.05) is 0 Å². The molecule has 0 N–H and O–H groups in total. The monoisotopic (exact) mass is 217 g/mol. The summed E-state index contributed by atoms with van der Waals surface area (Å²) in [6.45, 7) is 11.4. The van der Waals surface area contributed by atoms with Crippen LogP contribution in [0.3, 0.4) is 0 Å². The topological polar surface area (TPSA) is 12.9 Å². The third-order valence-electron chi connectivity index (χ3n) is 1.36. The molecule has 0 aromatic carbocycles. The highest BCUT2D eigenvalue weighted by Crippen LogP contribution is 2.19. The molecule has 0 unspecified atom stereocenters. The van der Waals surface area contributed by atoms with E-state index in [2.05, 4.69) is 4.98 Å². The first kappa shape index (κ1) is 16.4. The van der Waals surface area contributed by atoms with Gasteiger partial charge >= 0.3 is 0 Å². The number of pyridine rings is 1. The quantitative estimate of drug-likeness (QED) is 0.665. The van der Waals surface area contributed by atoms with Crippen molar-refractivity contribution < 1.29 is 8.78 Å². The minimum Gasteiger partial charge on any atom is -0.258 e. The molecule has 88 valence electrons. The lowest BCUT2D eigenvalue weighted by molar-refractivity contribution is 0.151. The normalized spacial score (nSPS) is 8.60. The summed E-state index contributed by atoms with van der Waals surface area (Å²) in [4.78, 5) is 3.98. The number of hydrogen-bond donors (Lipinski definition) is 0. The lowest BCUT2D eigenvalue weighted by atomic mass is 10.2. The standard InChI is InChI=1S/C8H9F2N.2C2H6/c1-5-3-7(8(9)10)4-6(2)11-5;2*1-2/h3-4,8H,1-2H3;2*1-2H3. The van der Waals surface area contributed by atoms with Crippen molar-refractivity contribution in [2.45, 2.75) is 48.0 Å². The zero-order chi connectivity index (χ0) is 12.4. The summed E-state index contributed by atoms with van der Waals surface area (Å²) in [6.07, 6.45) is -2.39. The van der Waals surface area contributed by atoms with Crippen LogP contribution in [0.2, 0.25) is 0 Å². The van der Waals surface area contributed by atoms with Crippen LogP contribution in [0.5, 0.6) is 0 Å². The van der Waals surface area contributed by atoms with Gasteiger partial charge in [-0.05, 0) is 26.0 Å². The van der Waals surface area contributed by atoms with Gasteiger partial charge in [-0.25, -0.2) is 8.78 Å². The summed E-state index contributed by atoms with van der Waals surface area (Å²) in [6, 6.07) is 2.80. The molecule has 0 bridgehead atoms. The van der Waals surface area contributed by atoms with Crippen LogP contribution in [0.1, 0.15) is 51.1 Å². The summed E-state index contributed by atoms with van der Waals surface area (Å²) in [5.41, 5.74) is 1.33. The summed E-state index contributed by atoms with van der Waals surface area (Å²) in [7, 11) is 0. The van der Waals surface area contributed by atoms with Crippen LogP contribution in [0.15, 0.2) is 12.1 Å². The molecule has 0 saturated carbocycles. The van der Waals surface area contributed by atoms with Gasteiger partial charge in [-0.1, -0.05) is 27.7 Å². The van der Waals surface area contributed by atoms with Gasteiger partial charge in [0, 0.05) is 17.0 Å². The van der Waals surface area contributed by atoms with E-state index in [4.69, 9.17) is 0 Å². The maximum Gasteiger partial charge on any atom is 0.263 e. The number of aromatic nitrogens is 1. The predicted molar refractivity (Wildman–Crippen MR) is 61.4 cm³/mol. The van der Waals surface area contributed by atoms with Crippen molar-refractivity contribution in [3.63, 3.8) is 0 Å². The van der Waals surface area contributed by atoms with E-state index >= 15 is 0 Å². The second-order valence-corrected chi connectivity index (χ2v) is 2.48. The molecule has 0 fully saturated rings. The zero-order valence-corrected chi connectivity index (χ0v) is 10.4. The molecule has 0 spiro atoms. The van der Waals surface area contributed by atoms with Gasteiger partial charge in [0.05, 0.1) is 0 Å². The largest absolute Gasteiger partial charge is 0.263 e. The third-order valence-corrected chi connectivity index (χ3v) is 1.36. The summed E-state index contributed by atoms with van der Waals surface area (Å²) in [5.74, 6) is 0. The fourth-order valence-electron chi connectivity index (χ4n) is 0.993. The molecular formula is C12H21F2N. The smallest absolute Gasteiger partial charge is 0.258 e. The Morgan fingerprint density at radius 1 is 0.933 bits per heavy atom. The van der Waals surface area contributed by atoms with Crippen molar-refractivity contribution in [3.8, 4) is 0 Å². The van der Waals surface area contributed by atoms with E-state index in [0.717, 1.165) is 0 Å². The maximum atomic E-state index is 12.1. The fraction of sp³-hybridized carbons (Fsp3) is 0.583. The van der Waals surface area contributed by atoms with E-state index in [1.54, 1.807) is 13.8 Å². The van der Waals surface area contributed by atoms with Crippen LogP contribution in [-0.2, 0) is 0 Å². The van der Waals surface area contributed by atoms with Gasteiger partial charge in [-0.15, -0.1) is 0 Å². The van der Waals surface area contributed by atoms with Gasteiger partial charge in [0.2, 0.25) is 0 Å².